The highest BCUT2D eigenvalue weighted by atomic mass is 19.3. The number of nitrogens with one attached hydrogen (secondary N) is 1. The Hall–Kier alpha value is -2.67. The van der Waals surface area contributed by atoms with E-state index in [9.17, 15) is 22.8 Å². The van der Waals surface area contributed by atoms with Crippen LogP contribution in [0.15, 0.2) is 12.4 Å². The molecular formula is C21H28F3N5O5. The average Bonchev–Trinajstić information content (AvgIpc) is 2.82. The Balaban J connectivity index is 1.40. The van der Waals surface area contributed by atoms with E-state index in [1.165, 1.54) is 4.90 Å². The average molecular weight is 487 g/mol. The Kier molecular flexibility index (Phi) is 7.71. The first-order chi connectivity index (χ1) is 16.4. The maximum atomic E-state index is 13.1. The number of carbonyl (C=O) groups is 2. The van der Waals surface area contributed by atoms with Crippen LogP contribution in [0, 0.1) is 5.82 Å². The molecule has 3 fully saturated rings. The van der Waals surface area contributed by atoms with Crippen molar-refractivity contribution in [3.63, 3.8) is 0 Å². The summed E-state index contributed by atoms with van der Waals surface area (Å²) in [4.78, 5) is 36.0. The van der Waals surface area contributed by atoms with Gasteiger partial charge in [-0.3, -0.25) is 4.79 Å². The predicted octanol–water partition coefficient (Wildman–Crippen LogP) is 1.35. The fourth-order valence-electron chi connectivity index (χ4n) is 4.78. The summed E-state index contributed by atoms with van der Waals surface area (Å²) in [5.41, 5.74) is -0.875. The first-order valence-corrected chi connectivity index (χ1v) is 11.3. The molecule has 4 heterocycles. The van der Waals surface area contributed by atoms with Crippen molar-refractivity contribution in [2.45, 2.75) is 49.8 Å². The number of morpholine rings is 1. The molecule has 188 valence electrons. The largest absolute Gasteiger partial charge is 0.443 e. The monoisotopic (exact) mass is 487 g/mol. The van der Waals surface area contributed by atoms with E-state index in [1.54, 1.807) is 0 Å². The molecule has 0 unspecified atom stereocenters. The van der Waals surface area contributed by atoms with Crippen LogP contribution >= 0.6 is 0 Å². The van der Waals surface area contributed by atoms with Crippen LogP contribution in [-0.2, 0) is 19.0 Å². The summed E-state index contributed by atoms with van der Waals surface area (Å²) in [5.74, 6) is -0.355. The van der Waals surface area contributed by atoms with Gasteiger partial charge in [0.1, 0.15) is 6.61 Å². The summed E-state index contributed by atoms with van der Waals surface area (Å²) in [6.07, 6.45) is 0.895. The molecule has 0 bridgehead atoms. The molecule has 0 aliphatic carbocycles. The summed E-state index contributed by atoms with van der Waals surface area (Å²) in [6, 6.07) is -0.630. The molecule has 1 aromatic rings. The summed E-state index contributed by atoms with van der Waals surface area (Å²) in [6.45, 7) is 0.709. The first kappa shape index (κ1) is 24.5. The van der Waals surface area contributed by atoms with Gasteiger partial charge < -0.3 is 29.3 Å². The zero-order chi connectivity index (χ0) is 24.1. The van der Waals surface area contributed by atoms with Gasteiger partial charge in [-0.25, -0.2) is 27.9 Å². The van der Waals surface area contributed by atoms with Crippen molar-refractivity contribution >= 4 is 17.9 Å². The van der Waals surface area contributed by atoms with E-state index in [2.05, 4.69) is 15.3 Å². The predicted molar refractivity (Wildman–Crippen MR) is 112 cm³/mol. The number of nitrogens with zero attached hydrogens (tertiary/aromatic N) is 4. The highest BCUT2D eigenvalue weighted by molar-refractivity contribution is 5.79. The Bertz CT molecular complexity index is 852. The van der Waals surface area contributed by atoms with E-state index in [1.807, 2.05) is 4.90 Å². The Morgan fingerprint density at radius 1 is 1.26 bits per heavy atom. The molecule has 3 aliphatic rings. The second-order valence-electron chi connectivity index (χ2n) is 8.70. The molecule has 3 aliphatic heterocycles. The third-order valence-electron chi connectivity index (χ3n) is 6.41. The summed E-state index contributed by atoms with van der Waals surface area (Å²) in [5, 5.41) is 2.96. The van der Waals surface area contributed by atoms with Gasteiger partial charge in [-0.15, -0.1) is 0 Å². The number of ether oxygens (including phenoxy) is 3. The van der Waals surface area contributed by atoms with Gasteiger partial charge in [-0.05, 0) is 25.7 Å². The molecule has 2 amide bonds. The van der Waals surface area contributed by atoms with Gasteiger partial charge >= 0.3 is 6.09 Å². The maximum absolute atomic E-state index is 13.1. The first-order valence-electron chi connectivity index (χ1n) is 11.3. The fourth-order valence-corrected chi connectivity index (χ4v) is 4.78. The quantitative estimate of drug-likeness (QED) is 0.641. The van der Waals surface area contributed by atoms with Crippen LogP contribution in [0.1, 0.15) is 25.7 Å². The van der Waals surface area contributed by atoms with Crippen LogP contribution in [0.5, 0.6) is 0 Å². The van der Waals surface area contributed by atoms with Crippen LogP contribution in [0.4, 0.5) is 23.9 Å². The zero-order valence-corrected chi connectivity index (χ0v) is 18.6. The van der Waals surface area contributed by atoms with E-state index in [-0.39, 0.29) is 31.8 Å². The van der Waals surface area contributed by atoms with Crippen molar-refractivity contribution in [1.82, 2.24) is 20.2 Å². The van der Waals surface area contributed by atoms with E-state index in [0.29, 0.717) is 51.3 Å². The van der Waals surface area contributed by atoms with E-state index < -0.39 is 36.5 Å². The normalized spacial score (nSPS) is 26.1. The van der Waals surface area contributed by atoms with Crippen molar-refractivity contribution in [3.8, 4) is 0 Å². The number of anilines is 1. The number of likely N-dealkylation sites (tertiary alicyclic amines) is 1. The van der Waals surface area contributed by atoms with Gasteiger partial charge in [0, 0.05) is 19.6 Å². The van der Waals surface area contributed by atoms with E-state index >= 15 is 0 Å². The molecule has 13 heteroatoms. The molecule has 2 atom stereocenters. The lowest BCUT2D eigenvalue weighted by atomic mass is 9.81. The number of halogens is 3. The van der Waals surface area contributed by atoms with Gasteiger partial charge in [0.15, 0.2) is 12.4 Å². The molecule has 1 aromatic heterocycles. The van der Waals surface area contributed by atoms with Gasteiger partial charge in [0.05, 0.1) is 43.3 Å². The number of rotatable bonds is 6. The van der Waals surface area contributed by atoms with E-state index in [4.69, 9.17) is 14.2 Å². The van der Waals surface area contributed by atoms with Gasteiger partial charge in [0.2, 0.25) is 11.9 Å². The second-order valence-corrected chi connectivity index (χ2v) is 8.70. The highest BCUT2D eigenvalue weighted by Crippen LogP contribution is 2.32. The number of hydrogen-bond donors (Lipinski definition) is 1. The van der Waals surface area contributed by atoms with Crippen molar-refractivity contribution in [2.24, 2.45) is 0 Å². The van der Waals surface area contributed by atoms with Crippen LogP contribution in [0.25, 0.3) is 0 Å². The standard InChI is InChI=1S/C21H28F3N5O5/c22-14-8-25-19(26-9-14)28-6-2-15(3-7-28)33-10-16-21(13-32-12-18(30)27-21)4-1-5-29(16)20(31)34-11-17(23)24/h8-9,15-17H,1-7,10-13H2,(H,27,30)/t16-,21+/m0/s1. The third kappa shape index (κ3) is 5.69. The lowest BCUT2D eigenvalue weighted by Crippen LogP contribution is -2.72. The van der Waals surface area contributed by atoms with Crippen LogP contribution < -0.4 is 10.2 Å². The van der Waals surface area contributed by atoms with Gasteiger partial charge in [0.25, 0.3) is 6.43 Å². The molecule has 34 heavy (non-hydrogen) atoms. The van der Waals surface area contributed by atoms with Crippen LogP contribution in [0.3, 0.4) is 0 Å². The lowest BCUT2D eigenvalue weighted by Gasteiger charge is -2.51. The molecule has 1 spiro atoms. The van der Waals surface area contributed by atoms with Gasteiger partial charge in [-0.2, -0.15) is 0 Å². The zero-order valence-electron chi connectivity index (χ0n) is 18.6. The third-order valence-corrected chi connectivity index (χ3v) is 6.41. The molecule has 0 aromatic carbocycles. The van der Waals surface area contributed by atoms with Crippen LogP contribution in [-0.4, -0.2) is 97.0 Å². The Labute approximate surface area is 194 Å². The molecule has 10 nitrogen and oxygen atoms in total. The van der Waals surface area contributed by atoms with Gasteiger partial charge in [-0.1, -0.05) is 0 Å². The number of hydrogen-bond acceptors (Lipinski definition) is 8. The minimum Gasteiger partial charge on any atom is -0.443 e. The summed E-state index contributed by atoms with van der Waals surface area (Å²) >= 11 is 0. The molecule has 4 rings (SSSR count). The van der Waals surface area contributed by atoms with Crippen molar-refractivity contribution in [1.29, 1.82) is 0 Å². The Morgan fingerprint density at radius 3 is 2.68 bits per heavy atom. The SMILES string of the molecule is O=C1COC[C@@]2(CCCN(C(=O)OCC(F)F)[C@H]2COC2CCN(c3ncc(F)cn3)CC2)N1. The molecular weight excluding hydrogens is 459 g/mol. The number of alkyl halides is 2. The number of piperidine rings is 2. The number of carbonyl (C=O) groups excluding carboxylic acids is 2. The fraction of sp³-hybridized carbons (Fsp3) is 0.714. The summed E-state index contributed by atoms with van der Waals surface area (Å²) < 4.78 is 54.7. The molecule has 0 saturated carbocycles. The lowest BCUT2D eigenvalue weighted by molar-refractivity contribution is -0.144. The Morgan fingerprint density at radius 2 is 2.00 bits per heavy atom. The number of amides is 2. The highest BCUT2D eigenvalue weighted by Gasteiger charge is 2.50. The maximum Gasteiger partial charge on any atom is 0.410 e. The molecule has 1 N–H and O–H groups in total. The minimum absolute atomic E-state index is 0.0743. The number of aromatic nitrogens is 2. The van der Waals surface area contributed by atoms with Crippen molar-refractivity contribution < 1.29 is 37.0 Å². The molecule has 3 saturated heterocycles. The van der Waals surface area contributed by atoms with Crippen molar-refractivity contribution in [3.05, 3.63) is 18.2 Å². The summed E-state index contributed by atoms with van der Waals surface area (Å²) in [7, 11) is 0. The second kappa shape index (κ2) is 10.7. The smallest absolute Gasteiger partial charge is 0.410 e. The van der Waals surface area contributed by atoms with Crippen molar-refractivity contribution in [2.75, 3.05) is 51.0 Å². The van der Waals surface area contributed by atoms with E-state index in [0.717, 1.165) is 12.4 Å². The topological polar surface area (TPSA) is 106 Å². The van der Waals surface area contributed by atoms with Crippen LogP contribution in [0.2, 0.25) is 0 Å². The minimum atomic E-state index is -2.77. The molecule has 0 radical (unpaired) electrons.